The first-order valence-electron chi connectivity index (χ1n) is 6.07. The van der Waals surface area contributed by atoms with E-state index in [2.05, 4.69) is 0 Å². The summed E-state index contributed by atoms with van der Waals surface area (Å²) in [6.45, 7) is 2.03. The normalized spacial score (nSPS) is 18.9. The van der Waals surface area contributed by atoms with Gasteiger partial charge in [-0.05, 0) is 29.4 Å². The number of hydrogen-bond acceptors (Lipinski definition) is 3. The zero-order valence-electron chi connectivity index (χ0n) is 10.1. The van der Waals surface area contributed by atoms with Crippen LogP contribution >= 0.6 is 0 Å². The summed E-state index contributed by atoms with van der Waals surface area (Å²) < 4.78 is 0. The molecule has 1 atom stereocenters. The van der Waals surface area contributed by atoms with Crippen molar-refractivity contribution in [1.82, 2.24) is 0 Å². The number of phenols is 2. The van der Waals surface area contributed by atoms with Gasteiger partial charge in [0.2, 0.25) is 0 Å². The molecule has 1 aliphatic rings. The second-order valence-electron chi connectivity index (χ2n) is 5.07. The van der Waals surface area contributed by atoms with Crippen LogP contribution in [-0.4, -0.2) is 16.0 Å². The lowest BCUT2D eigenvalue weighted by Gasteiger charge is -2.22. The highest BCUT2D eigenvalue weighted by Crippen LogP contribution is 2.40. The molecule has 92 valence electrons. The molecule has 1 aliphatic carbocycles. The second kappa shape index (κ2) is 3.73. The average molecular weight is 242 g/mol. The van der Waals surface area contributed by atoms with E-state index in [1.165, 1.54) is 6.07 Å². The highest BCUT2D eigenvalue weighted by molar-refractivity contribution is 6.08. The van der Waals surface area contributed by atoms with Crippen molar-refractivity contribution in [2.45, 2.75) is 19.8 Å². The van der Waals surface area contributed by atoms with Crippen LogP contribution in [0.1, 0.15) is 29.3 Å². The Morgan fingerprint density at radius 2 is 2.00 bits per heavy atom. The summed E-state index contributed by atoms with van der Waals surface area (Å²) in [4.78, 5) is 12.0. The van der Waals surface area contributed by atoms with Crippen molar-refractivity contribution in [2.75, 3.05) is 0 Å². The highest BCUT2D eigenvalue weighted by atomic mass is 16.3. The topological polar surface area (TPSA) is 57.5 Å². The van der Waals surface area contributed by atoms with E-state index in [1.54, 1.807) is 6.07 Å². The monoisotopic (exact) mass is 242 g/mol. The number of aromatic hydroxyl groups is 2. The Balaban J connectivity index is 2.39. The Morgan fingerprint density at radius 1 is 1.22 bits per heavy atom. The quantitative estimate of drug-likeness (QED) is 0.746. The lowest BCUT2D eigenvalue weighted by Crippen LogP contribution is -2.18. The van der Waals surface area contributed by atoms with Gasteiger partial charge in [0.1, 0.15) is 11.5 Å². The Labute approximate surface area is 105 Å². The van der Waals surface area contributed by atoms with Gasteiger partial charge in [-0.1, -0.05) is 25.1 Å². The number of carbonyl (C=O) groups excluding carboxylic acids is 1. The van der Waals surface area contributed by atoms with E-state index in [-0.39, 0.29) is 17.3 Å². The smallest absolute Gasteiger partial charge is 0.167 e. The number of carbonyl (C=O) groups is 1. The van der Waals surface area contributed by atoms with Crippen LogP contribution in [0.3, 0.4) is 0 Å². The first-order valence-corrected chi connectivity index (χ1v) is 6.07. The van der Waals surface area contributed by atoms with Gasteiger partial charge in [0, 0.05) is 6.42 Å². The van der Waals surface area contributed by atoms with E-state index < -0.39 is 0 Å². The summed E-state index contributed by atoms with van der Waals surface area (Å²) in [6.07, 6.45) is 1.25. The van der Waals surface area contributed by atoms with E-state index in [1.807, 2.05) is 19.1 Å². The van der Waals surface area contributed by atoms with Crippen molar-refractivity contribution in [2.24, 2.45) is 5.92 Å². The molecule has 0 spiro atoms. The molecule has 0 amide bonds. The fraction of sp³-hybridized carbons (Fsp3) is 0.267. The summed E-state index contributed by atoms with van der Waals surface area (Å²) in [6, 6.07) is 6.98. The second-order valence-corrected chi connectivity index (χ2v) is 5.07. The van der Waals surface area contributed by atoms with Crippen molar-refractivity contribution in [3.8, 4) is 11.5 Å². The number of rotatable bonds is 0. The largest absolute Gasteiger partial charge is 0.507 e. The summed E-state index contributed by atoms with van der Waals surface area (Å²) in [5.41, 5.74) is 1.27. The third kappa shape index (κ3) is 1.47. The average Bonchev–Trinajstić information content (AvgIpc) is 2.27. The van der Waals surface area contributed by atoms with Gasteiger partial charge >= 0.3 is 0 Å². The minimum atomic E-state index is -0.0718. The lowest BCUT2D eigenvalue weighted by atomic mass is 9.82. The van der Waals surface area contributed by atoms with Crippen LogP contribution in [0, 0.1) is 5.92 Å². The molecule has 1 unspecified atom stereocenters. The Morgan fingerprint density at radius 3 is 2.78 bits per heavy atom. The van der Waals surface area contributed by atoms with Crippen molar-refractivity contribution < 1.29 is 15.0 Å². The molecule has 2 aromatic carbocycles. The molecule has 0 fully saturated rings. The predicted octanol–water partition coefficient (Wildman–Crippen LogP) is 3.02. The minimum absolute atomic E-state index is 0.0132. The van der Waals surface area contributed by atoms with E-state index in [9.17, 15) is 15.0 Å². The van der Waals surface area contributed by atoms with E-state index in [0.717, 1.165) is 17.4 Å². The van der Waals surface area contributed by atoms with Crippen LogP contribution in [0.4, 0.5) is 0 Å². The molecule has 0 heterocycles. The maximum Gasteiger partial charge on any atom is 0.167 e. The third-order valence-electron chi connectivity index (χ3n) is 3.58. The van der Waals surface area contributed by atoms with Crippen LogP contribution in [0.25, 0.3) is 10.8 Å². The number of phenolic OH excluding ortho intramolecular Hbond substituents is 2. The Hall–Kier alpha value is -2.03. The molecule has 18 heavy (non-hydrogen) atoms. The fourth-order valence-corrected chi connectivity index (χ4v) is 2.81. The van der Waals surface area contributed by atoms with Crippen LogP contribution in [0.2, 0.25) is 0 Å². The highest BCUT2D eigenvalue weighted by Gasteiger charge is 2.27. The van der Waals surface area contributed by atoms with Gasteiger partial charge in [0.05, 0.1) is 10.9 Å². The first kappa shape index (κ1) is 11.1. The number of Topliss-reactive ketones (excluding diaryl/α,β-unsaturated/α-hetero) is 1. The lowest BCUT2D eigenvalue weighted by molar-refractivity contribution is 0.0950. The molecule has 0 aliphatic heterocycles. The van der Waals surface area contributed by atoms with Crippen molar-refractivity contribution in [3.63, 3.8) is 0 Å². The van der Waals surface area contributed by atoms with Crippen LogP contribution in [0.15, 0.2) is 24.3 Å². The number of fused-ring (bicyclic) bond motifs is 2. The van der Waals surface area contributed by atoms with E-state index >= 15 is 0 Å². The molecule has 2 N–H and O–H groups in total. The maximum atomic E-state index is 12.0. The molecule has 3 heteroatoms. The molecular formula is C15H14O3. The standard InChI is InChI=1S/C15H14O3/c1-8-5-10-7-9-3-2-4-11(16)13(9)15(18)14(10)12(17)6-8/h2-4,7-8,16,18H,5-6H2,1H3. The molecule has 0 saturated carbocycles. The van der Waals surface area contributed by atoms with Crippen molar-refractivity contribution >= 4 is 16.6 Å². The van der Waals surface area contributed by atoms with Gasteiger partial charge in [0.15, 0.2) is 5.78 Å². The molecule has 0 saturated heterocycles. The van der Waals surface area contributed by atoms with Gasteiger partial charge in [-0.2, -0.15) is 0 Å². The molecule has 3 rings (SSSR count). The van der Waals surface area contributed by atoms with E-state index in [0.29, 0.717) is 23.3 Å². The van der Waals surface area contributed by atoms with Crippen molar-refractivity contribution in [1.29, 1.82) is 0 Å². The first-order chi connectivity index (χ1) is 8.58. The number of benzene rings is 2. The minimum Gasteiger partial charge on any atom is -0.507 e. The number of hydrogen-bond donors (Lipinski definition) is 2. The Kier molecular flexibility index (Phi) is 2.30. The van der Waals surface area contributed by atoms with Crippen LogP contribution in [-0.2, 0) is 6.42 Å². The summed E-state index contributed by atoms with van der Waals surface area (Å²) in [7, 11) is 0. The van der Waals surface area contributed by atoms with Gasteiger partial charge < -0.3 is 10.2 Å². The van der Waals surface area contributed by atoms with Gasteiger partial charge in [-0.25, -0.2) is 0 Å². The molecule has 0 aromatic heterocycles. The zero-order valence-corrected chi connectivity index (χ0v) is 10.1. The van der Waals surface area contributed by atoms with E-state index in [4.69, 9.17) is 0 Å². The summed E-state index contributed by atoms with van der Waals surface area (Å²) in [5, 5.41) is 21.2. The summed E-state index contributed by atoms with van der Waals surface area (Å²) >= 11 is 0. The summed E-state index contributed by atoms with van der Waals surface area (Å²) in [5.74, 6) is 0.210. The van der Waals surface area contributed by atoms with Gasteiger partial charge in [-0.15, -0.1) is 0 Å². The molecule has 0 bridgehead atoms. The van der Waals surface area contributed by atoms with Crippen molar-refractivity contribution in [3.05, 3.63) is 35.4 Å². The van der Waals surface area contributed by atoms with Crippen LogP contribution < -0.4 is 0 Å². The number of ketones is 1. The zero-order chi connectivity index (χ0) is 12.9. The SMILES string of the molecule is CC1CC(=O)c2c(cc3cccc(O)c3c2O)C1. The maximum absolute atomic E-state index is 12.0. The van der Waals surface area contributed by atoms with Gasteiger partial charge in [0.25, 0.3) is 0 Å². The molecular weight excluding hydrogens is 228 g/mol. The fourth-order valence-electron chi connectivity index (χ4n) is 2.81. The predicted molar refractivity (Wildman–Crippen MR) is 69.1 cm³/mol. The Bertz CT molecular complexity index is 658. The third-order valence-corrected chi connectivity index (χ3v) is 3.58. The van der Waals surface area contributed by atoms with Crippen LogP contribution in [0.5, 0.6) is 11.5 Å². The molecule has 3 nitrogen and oxygen atoms in total. The molecule has 0 radical (unpaired) electrons. The van der Waals surface area contributed by atoms with Gasteiger partial charge in [-0.3, -0.25) is 4.79 Å². The molecule has 2 aromatic rings.